The molecule has 2 heterocycles. The summed E-state index contributed by atoms with van der Waals surface area (Å²) in [5.74, 6) is 1.79. The number of nitrogens with zero attached hydrogens (tertiary/aromatic N) is 3. The SMILES string of the molecule is O=C(C1CSCN1)N1CCN(c2ccccc2[N+](=O)[O-])CC1. The number of nitrogens with one attached hydrogen (secondary N) is 1. The van der Waals surface area contributed by atoms with Gasteiger partial charge in [0.05, 0.1) is 11.0 Å². The van der Waals surface area contributed by atoms with Crippen LogP contribution < -0.4 is 10.2 Å². The van der Waals surface area contributed by atoms with Gasteiger partial charge in [-0.3, -0.25) is 20.2 Å². The van der Waals surface area contributed by atoms with Crippen molar-refractivity contribution in [2.24, 2.45) is 0 Å². The van der Waals surface area contributed by atoms with Crippen molar-refractivity contribution in [2.75, 3.05) is 42.7 Å². The van der Waals surface area contributed by atoms with Gasteiger partial charge in [-0.2, -0.15) is 0 Å². The van der Waals surface area contributed by atoms with E-state index in [1.165, 1.54) is 6.07 Å². The first kappa shape index (κ1) is 15.1. The van der Waals surface area contributed by atoms with Gasteiger partial charge in [-0.25, -0.2) is 0 Å². The van der Waals surface area contributed by atoms with E-state index in [1.807, 2.05) is 9.80 Å². The molecule has 22 heavy (non-hydrogen) atoms. The molecule has 118 valence electrons. The van der Waals surface area contributed by atoms with Crippen LogP contribution in [-0.2, 0) is 4.79 Å². The Balaban J connectivity index is 1.64. The molecule has 1 N–H and O–H groups in total. The first-order valence-electron chi connectivity index (χ1n) is 7.25. The quantitative estimate of drug-likeness (QED) is 0.658. The lowest BCUT2D eigenvalue weighted by atomic mass is 10.2. The highest BCUT2D eigenvalue weighted by molar-refractivity contribution is 7.99. The van der Waals surface area contributed by atoms with Crippen LogP contribution in [0, 0.1) is 10.1 Å². The Morgan fingerprint density at radius 3 is 2.64 bits per heavy atom. The standard InChI is InChI=1S/C14H18N4O3S/c19-14(11-9-22-10-15-11)17-7-5-16(6-8-17)12-3-1-2-4-13(12)18(20)21/h1-4,11,15H,5-10H2. The molecule has 1 aromatic carbocycles. The van der Waals surface area contributed by atoms with E-state index in [1.54, 1.807) is 30.0 Å². The van der Waals surface area contributed by atoms with Crippen LogP contribution in [0.3, 0.4) is 0 Å². The molecule has 0 spiro atoms. The Hall–Kier alpha value is -1.80. The maximum Gasteiger partial charge on any atom is 0.292 e. The molecule has 1 unspecified atom stereocenters. The molecule has 2 aliphatic rings. The molecule has 3 rings (SSSR count). The van der Waals surface area contributed by atoms with Gasteiger partial charge in [0.25, 0.3) is 5.69 Å². The average Bonchev–Trinajstić information content (AvgIpc) is 3.09. The third-order valence-corrected chi connectivity index (χ3v) is 4.96. The first-order valence-corrected chi connectivity index (χ1v) is 8.40. The Morgan fingerprint density at radius 2 is 2.00 bits per heavy atom. The molecule has 2 saturated heterocycles. The van der Waals surface area contributed by atoms with Crippen LogP contribution in [0.15, 0.2) is 24.3 Å². The lowest BCUT2D eigenvalue weighted by molar-refractivity contribution is -0.384. The second kappa shape index (κ2) is 6.53. The molecule has 0 aromatic heterocycles. The Labute approximate surface area is 132 Å². The molecule has 1 aromatic rings. The number of carbonyl (C=O) groups is 1. The highest BCUT2D eigenvalue weighted by atomic mass is 32.2. The zero-order valence-corrected chi connectivity index (χ0v) is 12.9. The van der Waals surface area contributed by atoms with E-state index in [9.17, 15) is 14.9 Å². The fourth-order valence-corrected chi connectivity index (χ4v) is 3.76. The number of benzene rings is 1. The van der Waals surface area contributed by atoms with Gasteiger partial charge < -0.3 is 9.80 Å². The number of piperazine rings is 1. The molecule has 0 bridgehead atoms. The van der Waals surface area contributed by atoms with Crippen molar-refractivity contribution in [2.45, 2.75) is 6.04 Å². The van der Waals surface area contributed by atoms with Crippen LogP contribution in [0.1, 0.15) is 0 Å². The van der Waals surface area contributed by atoms with Crippen molar-refractivity contribution in [1.29, 1.82) is 0 Å². The van der Waals surface area contributed by atoms with Gasteiger partial charge >= 0.3 is 0 Å². The predicted octanol–water partition coefficient (Wildman–Crippen LogP) is 0.906. The topological polar surface area (TPSA) is 78.7 Å². The van der Waals surface area contributed by atoms with E-state index >= 15 is 0 Å². The van der Waals surface area contributed by atoms with E-state index in [4.69, 9.17) is 0 Å². The summed E-state index contributed by atoms with van der Waals surface area (Å²) in [4.78, 5) is 26.9. The van der Waals surface area contributed by atoms with Crippen molar-refractivity contribution >= 4 is 29.0 Å². The minimum Gasteiger partial charge on any atom is -0.362 e. The van der Waals surface area contributed by atoms with E-state index < -0.39 is 0 Å². The molecule has 1 amide bonds. The van der Waals surface area contributed by atoms with Gasteiger partial charge in [0, 0.05) is 43.9 Å². The number of anilines is 1. The number of hydrogen-bond acceptors (Lipinski definition) is 6. The van der Waals surface area contributed by atoms with Gasteiger partial charge in [-0.15, -0.1) is 11.8 Å². The Morgan fingerprint density at radius 1 is 1.27 bits per heavy atom. The fourth-order valence-electron chi connectivity index (χ4n) is 2.83. The van der Waals surface area contributed by atoms with Gasteiger partial charge in [0.1, 0.15) is 5.69 Å². The van der Waals surface area contributed by atoms with Gasteiger partial charge in [-0.05, 0) is 6.07 Å². The number of amides is 1. The molecular formula is C14H18N4O3S. The maximum atomic E-state index is 12.3. The summed E-state index contributed by atoms with van der Waals surface area (Å²) in [6, 6.07) is 6.68. The highest BCUT2D eigenvalue weighted by Crippen LogP contribution is 2.28. The summed E-state index contributed by atoms with van der Waals surface area (Å²) in [6.07, 6.45) is 0. The largest absolute Gasteiger partial charge is 0.362 e. The molecule has 0 saturated carbocycles. The summed E-state index contributed by atoms with van der Waals surface area (Å²) in [7, 11) is 0. The molecule has 0 radical (unpaired) electrons. The average molecular weight is 322 g/mol. The number of para-hydroxylation sites is 2. The molecule has 1 atom stereocenters. The van der Waals surface area contributed by atoms with Crippen LogP contribution in [0.5, 0.6) is 0 Å². The normalized spacial score (nSPS) is 21.9. The van der Waals surface area contributed by atoms with Crippen molar-refractivity contribution in [1.82, 2.24) is 10.2 Å². The van der Waals surface area contributed by atoms with Gasteiger partial charge in [0.2, 0.25) is 5.91 Å². The maximum absolute atomic E-state index is 12.3. The van der Waals surface area contributed by atoms with Crippen LogP contribution in [0.2, 0.25) is 0 Å². The molecule has 2 aliphatic heterocycles. The van der Waals surface area contributed by atoms with Crippen molar-refractivity contribution in [3.05, 3.63) is 34.4 Å². The predicted molar refractivity (Wildman–Crippen MR) is 86.1 cm³/mol. The van der Waals surface area contributed by atoms with Crippen LogP contribution in [0.4, 0.5) is 11.4 Å². The minimum absolute atomic E-state index is 0.0809. The molecule has 8 heteroatoms. The van der Waals surface area contributed by atoms with E-state index in [0.29, 0.717) is 31.9 Å². The van der Waals surface area contributed by atoms with Crippen LogP contribution in [-0.4, -0.2) is 59.6 Å². The highest BCUT2D eigenvalue weighted by Gasteiger charge is 2.30. The summed E-state index contributed by atoms with van der Waals surface area (Å²) in [5, 5.41) is 14.3. The third kappa shape index (κ3) is 3.02. The van der Waals surface area contributed by atoms with E-state index in [2.05, 4.69) is 5.32 Å². The van der Waals surface area contributed by atoms with Crippen LogP contribution >= 0.6 is 11.8 Å². The fraction of sp³-hybridized carbons (Fsp3) is 0.500. The summed E-state index contributed by atoms with van der Waals surface area (Å²) in [6.45, 7) is 2.45. The zero-order valence-electron chi connectivity index (χ0n) is 12.1. The summed E-state index contributed by atoms with van der Waals surface area (Å²) >= 11 is 1.73. The number of nitro benzene ring substituents is 1. The molecular weight excluding hydrogens is 304 g/mol. The lowest BCUT2D eigenvalue weighted by Crippen LogP contribution is -2.53. The second-order valence-electron chi connectivity index (χ2n) is 5.33. The number of carbonyl (C=O) groups excluding carboxylic acids is 1. The molecule has 7 nitrogen and oxygen atoms in total. The monoisotopic (exact) mass is 322 g/mol. The number of thioether (sulfide) groups is 1. The zero-order chi connectivity index (χ0) is 15.5. The molecule has 0 aliphatic carbocycles. The van der Waals surface area contributed by atoms with Crippen molar-refractivity contribution < 1.29 is 9.72 Å². The number of rotatable bonds is 3. The smallest absolute Gasteiger partial charge is 0.292 e. The van der Waals surface area contributed by atoms with E-state index in [0.717, 1.165) is 11.6 Å². The Bertz CT molecular complexity index is 569. The van der Waals surface area contributed by atoms with Crippen LogP contribution in [0.25, 0.3) is 0 Å². The van der Waals surface area contributed by atoms with Gasteiger partial charge in [0.15, 0.2) is 0 Å². The second-order valence-corrected chi connectivity index (χ2v) is 6.36. The first-order chi connectivity index (χ1) is 10.7. The number of nitro groups is 1. The third-order valence-electron chi connectivity index (χ3n) is 4.02. The Kier molecular flexibility index (Phi) is 4.49. The summed E-state index contributed by atoms with van der Waals surface area (Å²) in [5.41, 5.74) is 0.755. The number of hydrogen-bond donors (Lipinski definition) is 1. The van der Waals surface area contributed by atoms with E-state index in [-0.39, 0.29) is 22.6 Å². The molecule has 2 fully saturated rings. The van der Waals surface area contributed by atoms with Gasteiger partial charge in [-0.1, -0.05) is 12.1 Å². The lowest BCUT2D eigenvalue weighted by Gasteiger charge is -2.36. The van der Waals surface area contributed by atoms with Crippen molar-refractivity contribution in [3.8, 4) is 0 Å². The summed E-state index contributed by atoms with van der Waals surface area (Å²) < 4.78 is 0. The van der Waals surface area contributed by atoms with Crippen molar-refractivity contribution in [3.63, 3.8) is 0 Å². The minimum atomic E-state index is -0.355.